The number of ether oxygens (including phenoxy) is 1. The first-order chi connectivity index (χ1) is 12.4. The molecule has 1 aromatic heterocycles. The van der Waals surface area contributed by atoms with Crippen LogP contribution in [0.2, 0.25) is 0 Å². The Hall–Kier alpha value is -2.93. The Bertz CT molecular complexity index is 1070. The molecule has 0 aliphatic carbocycles. The zero-order valence-corrected chi connectivity index (χ0v) is 13.8. The number of anilines is 1. The van der Waals surface area contributed by atoms with Gasteiger partial charge in [-0.2, -0.15) is 0 Å². The van der Waals surface area contributed by atoms with E-state index in [1.165, 1.54) is 6.07 Å². The van der Waals surface area contributed by atoms with Gasteiger partial charge in [0.2, 0.25) is 5.91 Å². The van der Waals surface area contributed by atoms with Crippen molar-refractivity contribution in [2.24, 2.45) is 11.8 Å². The molecule has 2 fully saturated rings. The molecule has 3 aliphatic heterocycles. The van der Waals surface area contributed by atoms with Gasteiger partial charge in [0.15, 0.2) is 0 Å². The molecule has 26 heavy (non-hydrogen) atoms. The molecule has 1 unspecified atom stereocenters. The monoisotopic (exact) mass is 353 g/mol. The molecule has 3 aliphatic rings. The third kappa shape index (κ3) is 1.83. The SMILES string of the molecule is Cc1cc2oc(=O)ccc2cc1N1C[C@]23C=C[C@H](O2)[C@H](C(=O)O)C3C1=O. The second-order valence-electron chi connectivity index (χ2n) is 7.09. The molecule has 1 aromatic carbocycles. The summed E-state index contributed by atoms with van der Waals surface area (Å²) in [5, 5.41) is 10.2. The Morgan fingerprint density at radius 3 is 2.88 bits per heavy atom. The minimum atomic E-state index is -1.02. The Balaban J connectivity index is 1.61. The first-order valence-corrected chi connectivity index (χ1v) is 8.35. The summed E-state index contributed by atoms with van der Waals surface area (Å²) in [7, 11) is 0. The van der Waals surface area contributed by atoms with Gasteiger partial charge in [0.05, 0.1) is 18.6 Å². The molecule has 2 aromatic rings. The molecule has 2 bridgehead atoms. The summed E-state index contributed by atoms with van der Waals surface area (Å²) >= 11 is 0. The largest absolute Gasteiger partial charge is 0.481 e. The molecule has 1 spiro atoms. The molecule has 1 amide bonds. The second kappa shape index (κ2) is 4.82. The van der Waals surface area contributed by atoms with Crippen LogP contribution in [-0.2, 0) is 14.3 Å². The minimum Gasteiger partial charge on any atom is -0.481 e. The van der Waals surface area contributed by atoms with E-state index in [1.807, 2.05) is 13.0 Å². The molecule has 0 saturated carbocycles. The van der Waals surface area contributed by atoms with Gasteiger partial charge in [-0.1, -0.05) is 12.2 Å². The summed E-state index contributed by atoms with van der Waals surface area (Å²) in [6.45, 7) is 2.10. The topological polar surface area (TPSA) is 97.1 Å². The molecule has 5 rings (SSSR count). The molecule has 0 radical (unpaired) electrons. The van der Waals surface area contributed by atoms with Crippen molar-refractivity contribution < 1.29 is 23.8 Å². The fraction of sp³-hybridized carbons (Fsp3) is 0.316. The molecule has 132 valence electrons. The van der Waals surface area contributed by atoms with Crippen molar-refractivity contribution in [3.63, 3.8) is 0 Å². The third-order valence-electron chi connectivity index (χ3n) is 5.61. The normalized spacial score (nSPS) is 31.8. The van der Waals surface area contributed by atoms with E-state index in [2.05, 4.69) is 0 Å². The van der Waals surface area contributed by atoms with E-state index in [-0.39, 0.29) is 12.5 Å². The van der Waals surface area contributed by atoms with E-state index in [4.69, 9.17) is 9.15 Å². The first kappa shape index (κ1) is 15.3. The number of nitrogens with zero attached hydrogens (tertiary/aromatic N) is 1. The lowest BCUT2D eigenvalue weighted by Gasteiger charge is -2.23. The lowest BCUT2D eigenvalue weighted by molar-refractivity contribution is -0.146. The summed E-state index contributed by atoms with van der Waals surface area (Å²) in [5.74, 6) is -2.85. The van der Waals surface area contributed by atoms with E-state index in [0.29, 0.717) is 16.7 Å². The maximum Gasteiger partial charge on any atom is 0.336 e. The Morgan fingerprint density at radius 1 is 1.31 bits per heavy atom. The van der Waals surface area contributed by atoms with Gasteiger partial charge >= 0.3 is 11.6 Å². The molecule has 4 atom stereocenters. The van der Waals surface area contributed by atoms with Crippen LogP contribution in [0.15, 0.2) is 45.6 Å². The van der Waals surface area contributed by atoms with Crippen LogP contribution in [0.5, 0.6) is 0 Å². The van der Waals surface area contributed by atoms with E-state index in [0.717, 1.165) is 5.56 Å². The standard InChI is InChI=1S/C19H15NO6/c1-9-6-13-10(2-3-14(21)25-13)7-11(9)20-8-19-5-4-12(26-19)15(18(23)24)16(19)17(20)22/h2-7,12,15-16H,8H2,1H3,(H,23,24)/t12-,15-,16?,19-/m0/s1. The Morgan fingerprint density at radius 2 is 2.12 bits per heavy atom. The number of benzene rings is 1. The Labute approximate surface area is 147 Å². The molecule has 1 N–H and O–H groups in total. The van der Waals surface area contributed by atoms with Crippen molar-refractivity contribution in [3.05, 3.63) is 52.4 Å². The second-order valence-corrected chi connectivity index (χ2v) is 7.09. The summed E-state index contributed by atoms with van der Waals surface area (Å²) in [6.07, 6.45) is 3.03. The van der Waals surface area contributed by atoms with Crippen LogP contribution >= 0.6 is 0 Å². The average Bonchev–Trinajstić information content (AvgIpc) is 3.22. The average molecular weight is 353 g/mol. The lowest BCUT2D eigenvalue weighted by Crippen LogP contribution is -2.39. The molecule has 7 nitrogen and oxygen atoms in total. The fourth-order valence-electron chi connectivity index (χ4n) is 4.48. The quantitative estimate of drug-likeness (QED) is 0.649. The van der Waals surface area contributed by atoms with Gasteiger partial charge in [-0.3, -0.25) is 9.59 Å². The summed E-state index contributed by atoms with van der Waals surface area (Å²) in [5.41, 5.74) is 0.571. The number of aryl methyl sites for hydroxylation is 1. The predicted octanol–water partition coefficient (Wildman–Crippen LogP) is 1.47. The number of carbonyl (C=O) groups is 2. The molecule has 2 saturated heterocycles. The molecular formula is C19H15NO6. The highest BCUT2D eigenvalue weighted by Crippen LogP contribution is 2.53. The van der Waals surface area contributed by atoms with E-state index >= 15 is 0 Å². The van der Waals surface area contributed by atoms with Crippen molar-refractivity contribution in [1.82, 2.24) is 0 Å². The summed E-state index contributed by atoms with van der Waals surface area (Å²) in [4.78, 5) is 37.8. The van der Waals surface area contributed by atoms with Gasteiger partial charge in [-0.25, -0.2) is 4.79 Å². The maximum atomic E-state index is 13.1. The molecule has 4 heterocycles. The number of fused-ring (bicyclic) bond motifs is 2. The van der Waals surface area contributed by atoms with Gasteiger partial charge in [0.25, 0.3) is 0 Å². The van der Waals surface area contributed by atoms with Crippen LogP contribution in [0.25, 0.3) is 11.0 Å². The zero-order chi connectivity index (χ0) is 18.2. The van der Waals surface area contributed by atoms with Gasteiger partial charge < -0.3 is 19.2 Å². The van der Waals surface area contributed by atoms with Crippen LogP contribution in [-0.4, -0.2) is 35.2 Å². The van der Waals surface area contributed by atoms with Crippen LogP contribution in [0, 0.1) is 18.8 Å². The first-order valence-electron chi connectivity index (χ1n) is 8.35. The molecular weight excluding hydrogens is 338 g/mol. The number of carboxylic acids is 1. The fourth-order valence-corrected chi connectivity index (χ4v) is 4.48. The highest BCUT2D eigenvalue weighted by atomic mass is 16.5. The highest BCUT2D eigenvalue weighted by Gasteiger charge is 2.67. The van der Waals surface area contributed by atoms with Gasteiger partial charge in [-0.05, 0) is 30.7 Å². The van der Waals surface area contributed by atoms with Crippen LogP contribution in [0.4, 0.5) is 5.69 Å². The van der Waals surface area contributed by atoms with E-state index < -0.39 is 35.1 Å². The number of amides is 1. The zero-order valence-electron chi connectivity index (χ0n) is 13.8. The van der Waals surface area contributed by atoms with Crippen molar-refractivity contribution in [3.8, 4) is 0 Å². The van der Waals surface area contributed by atoms with Crippen molar-refractivity contribution in [2.45, 2.75) is 18.6 Å². The van der Waals surface area contributed by atoms with Crippen molar-refractivity contribution in [1.29, 1.82) is 0 Å². The predicted molar refractivity (Wildman–Crippen MR) is 90.9 cm³/mol. The summed E-state index contributed by atoms with van der Waals surface area (Å²) in [6, 6.07) is 6.48. The minimum absolute atomic E-state index is 0.246. The van der Waals surface area contributed by atoms with Gasteiger partial charge in [0, 0.05) is 17.1 Å². The Kier molecular flexibility index (Phi) is 2.84. The smallest absolute Gasteiger partial charge is 0.336 e. The van der Waals surface area contributed by atoms with E-state index in [1.54, 1.807) is 29.2 Å². The third-order valence-corrected chi connectivity index (χ3v) is 5.61. The van der Waals surface area contributed by atoms with Gasteiger partial charge in [0.1, 0.15) is 17.1 Å². The number of rotatable bonds is 2. The number of hydrogen-bond acceptors (Lipinski definition) is 5. The van der Waals surface area contributed by atoms with Crippen LogP contribution in [0.3, 0.4) is 0 Å². The van der Waals surface area contributed by atoms with Crippen molar-refractivity contribution >= 4 is 28.5 Å². The summed E-state index contributed by atoms with van der Waals surface area (Å²) < 4.78 is 11.1. The van der Waals surface area contributed by atoms with Crippen LogP contribution < -0.4 is 10.5 Å². The van der Waals surface area contributed by atoms with Crippen LogP contribution in [0.1, 0.15) is 5.56 Å². The van der Waals surface area contributed by atoms with Crippen molar-refractivity contribution in [2.75, 3.05) is 11.4 Å². The number of hydrogen-bond donors (Lipinski definition) is 1. The highest BCUT2D eigenvalue weighted by molar-refractivity contribution is 6.04. The number of aliphatic carboxylic acids is 1. The van der Waals surface area contributed by atoms with E-state index in [9.17, 15) is 19.5 Å². The lowest BCUT2D eigenvalue weighted by atomic mass is 9.77. The maximum absolute atomic E-state index is 13.1. The van der Waals surface area contributed by atoms with Gasteiger partial charge in [-0.15, -0.1) is 0 Å². The number of carboxylic acid groups (broad SMARTS) is 1. The molecule has 7 heteroatoms. The number of carbonyl (C=O) groups excluding carboxylic acids is 1.